The van der Waals surface area contributed by atoms with E-state index >= 15 is 0 Å². The Morgan fingerprint density at radius 3 is 1.53 bits per heavy atom. The first kappa shape index (κ1) is 55.1. The van der Waals surface area contributed by atoms with Gasteiger partial charge in [0.15, 0.2) is 0 Å². The third kappa shape index (κ3) is 24.2. The number of nitrogens with one attached hydrogen (secondary N) is 3. The number of esters is 1. The van der Waals surface area contributed by atoms with E-state index < -0.39 is 34.6 Å². The maximum atomic E-state index is 14.3. The van der Waals surface area contributed by atoms with Gasteiger partial charge in [-0.25, -0.2) is 0 Å². The zero-order valence-corrected chi connectivity index (χ0v) is 39.0. The van der Waals surface area contributed by atoms with Crippen molar-refractivity contribution in [2.24, 2.45) is 28.6 Å². The van der Waals surface area contributed by atoms with Crippen LogP contribution in [-0.4, -0.2) is 163 Å². The third-order valence-electron chi connectivity index (χ3n) is 10.9. The highest BCUT2D eigenvalue weighted by Gasteiger charge is 2.41. The Morgan fingerprint density at radius 1 is 0.552 bits per heavy atom. The molecule has 0 saturated heterocycles. The molecule has 0 spiro atoms. The highest BCUT2D eigenvalue weighted by molar-refractivity contribution is 5.93. The number of ketones is 2. The zero-order valence-electron chi connectivity index (χ0n) is 39.0. The van der Waals surface area contributed by atoms with Gasteiger partial charge >= 0.3 is 5.97 Å². The van der Waals surface area contributed by atoms with Crippen molar-refractivity contribution in [3.8, 4) is 0 Å². The van der Waals surface area contributed by atoms with E-state index in [9.17, 15) is 28.8 Å². The van der Waals surface area contributed by atoms with Gasteiger partial charge in [0.05, 0.1) is 13.0 Å². The van der Waals surface area contributed by atoms with Crippen molar-refractivity contribution in [1.29, 1.82) is 0 Å². The Morgan fingerprint density at radius 2 is 1.03 bits per heavy atom. The highest BCUT2D eigenvalue weighted by Crippen LogP contribution is 2.37. The summed E-state index contributed by atoms with van der Waals surface area (Å²) in [5.74, 6) is -3.80. The van der Waals surface area contributed by atoms with Crippen molar-refractivity contribution < 1.29 is 33.5 Å². The fourth-order valence-corrected chi connectivity index (χ4v) is 6.72. The lowest BCUT2D eigenvalue weighted by Crippen LogP contribution is -2.43. The summed E-state index contributed by atoms with van der Waals surface area (Å²) in [5.41, 5.74) is -2.09. The first-order valence-electron chi connectivity index (χ1n) is 21.8. The van der Waals surface area contributed by atoms with Crippen LogP contribution >= 0.6 is 0 Å². The molecule has 0 aliphatic rings. The minimum atomic E-state index is -1.06. The second kappa shape index (κ2) is 29.3. The number of ether oxygens (including phenoxy) is 1. The summed E-state index contributed by atoms with van der Waals surface area (Å²) in [6.45, 7) is 19.3. The number of amides is 3. The zero-order chi connectivity index (χ0) is 44.5. The topological polar surface area (TPSA) is 161 Å². The van der Waals surface area contributed by atoms with E-state index in [0.717, 1.165) is 51.9 Å². The maximum absolute atomic E-state index is 14.3. The molecule has 338 valence electrons. The molecule has 0 aromatic heterocycles. The van der Waals surface area contributed by atoms with Crippen LogP contribution < -0.4 is 16.0 Å². The predicted molar refractivity (Wildman–Crippen MR) is 233 cm³/mol. The van der Waals surface area contributed by atoms with E-state index in [2.05, 4.69) is 35.6 Å². The Labute approximate surface area is 352 Å². The first-order chi connectivity index (χ1) is 27.1. The third-order valence-corrected chi connectivity index (χ3v) is 10.9. The van der Waals surface area contributed by atoms with Crippen molar-refractivity contribution >= 4 is 35.3 Å². The van der Waals surface area contributed by atoms with Crippen LogP contribution in [0.15, 0.2) is 0 Å². The molecule has 14 nitrogen and oxygen atoms in total. The van der Waals surface area contributed by atoms with Crippen LogP contribution in [0.5, 0.6) is 0 Å². The Bertz CT molecular complexity index is 1240. The molecule has 0 rings (SSSR count). The van der Waals surface area contributed by atoms with E-state index in [0.29, 0.717) is 45.8 Å². The first-order valence-corrected chi connectivity index (χ1v) is 21.8. The van der Waals surface area contributed by atoms with E-state index in [1.54, 1.807) is 27.7 Å². The summed E-state index contributed by atoms with van der Waals surface area (Å²) in [5, 5.41) is 8.94. The summed E-state index contributed by atoms with van der Waals surface area (Å²) < 4.78 is 5.36. The van der Waals surface area contributed by atoms with Gasteiger partial charge in [-0.15, -0.1) is 0 Å². The molecule has 0 aliphatic carbocycles. The van der Waals surface area contributed by atoms with Gasteiger partial charge in [-0.1, -0.05) is 61.3 Å². The van der Waals surface area contributed by atoms with Gasteiger partial charge in [0, 0.05) is 100 Å². The molecule has 0 heterocycles. The Kier molecular flexibility index (Phi) is 27.8. The monoisotopic (exact) mass is 824 g/mol. The van der Waals surface area contributed by atoms with E-state index in [-0.39, 0.29) is 61.4 Å². The van der Waals surface area contributed by atoms with Gasteiger partial charge in [-0.3, -0.25) is 28.8 Å². The average molecular weight is 824 g/mol. The number of carbonyl (C=O) groups excluding carboxylic acids is 6. The summed E-state index contributed by atoms with van der Waals surface area (Å²) in [4.78, 5) is 90.0. The molecule has 58 heavy (non-hydrogen) atoms. The van der Waals surface area contributed by atoms with Gasteiger partial charge < -0.3 is 40.3 Å². The summed E-state index contributed by atoms with van der Waals surface area (Å²) in [6.07, 6.45) is 3.74. The minimum absolute atomic E-state index is 0.0347. The smallest absolute Gasteiger partial charge is 0.306 e. The van der Waals surface area contributed by atoms with Crippen LogP contribution in [0, 0.1) is 28.6 Å². The number of hydrogen-bond acceptors (Lipinski definition) is 11. The number of hydrogen-bond donors (Lipinski definition) is 3. The lowest BCUT2D eigenvalue weighted by atomic mass is 9.70. The Hall–Kier alpha value is -2.94. The molecule has 0 bridgehead atoms. The van der Waals surface area contributed by atoms with Crippen molar-refractivity contribution in [2.75, 3.05) is 108 Å². The van der Waals surface area contributed by atoms with Crippen LogP contribution in [0.1, 0.15) is 113 Å². The number of nitrogens with zero attached hydrogens (tertiary/aromatic N) is 4. The van der Waals surface area contributed by atoms with Gasteiger partial charge in [-0.05, 0) is 74.4 Å². The molecule has 3 atom stereocenters. The van der Waals surface area contributed by atoms with Gasteiger partial charge in [-0.2, -0.15) is 0 Å². The largest absolute Gasteiger partial charge is 0.466 e. The van der Waals surface area contributed by atoms with Crippen molar-refractivity contribution in [3.05, 3.63) is 0 Å². The Balaban J connectivity index is 6.20. The van der Waals surface area contributed by atoms with Crippen molar-refractivity contribution in [2.45, 2.75) is 113 Å². The minimum Gasteiger partial charge on any atom is -0.466 e. The number of carbonyl (C=O) groups is 6. The molecule has 3 amide bonds. The fraction of sp³-hybridized carbons (Fsp3) is 0.864. The number of rotatable bonds is 34. The average Bonchev–Trinajstić information content (AvgIpc) is 3.14. The predicted octanol–water partition coefficient (Wildman–Crippen LogP) is 3.86. The number of Topliss-reactive ketones (excluding diaryl/α,β-unsaturated/α-hetero) is 2. The normalized spacial score (nSPS) is 13.7. The molecule has 0 aromatic rings. The molecule has 0 radical (unpaired) electrons. The number of likely N-dealkylation sites (N-methyl/N-ethyl adjacent to an activating group) is 4. The molecular formula is C44H85N7O7. The highest BCUT2D eigenvalue weighted by atomic mass is 16.5. The standard InChI is InChI=1S/C44H85N7O7/c1-14-17-19-46-42(57)36(30-38(53)45-20-22-50(12)26-24-48(8)9)32-43(4,5)37(52)29-35(41(56)47-21-23-51(13)27-25-49(10)11)33-44(6,7)40(55)34(16-3)31-39(54)58-28-18-15-2/h34-36H,14-33H2,1-13H3,(H,45,53)(H,46,57)(H,47,56). The second-order valence-electron chi connectivity index (χ2n) is 18.1. The molecule has 0 saturated carbocycles. The molecule has 14 heteroatoms. The summed E-state index contributed by atoms with van der Waals surface area (Å²) >= 11 is 0. The lowest BCUT2D eigenvalue weighted by Gasteiger charge is -2.33. The molecule has 0 aliphatic heterocycles. The summed E-state index contributed by atoms with van der Waals surface area (Å²) in [6, 6.07) is 0. The van der Waals surface area contributed by atoms with E-state index in [1.165, 1.54) is 0 Å². The molecular weight excluding hydrogens is 739 g/mol. The van der Waals surface area contributed by atoms with Crippen LogP contribution in [0.2, 0.25) is 0 Å². The van der Waals surface area contributed by atoms with Gasteiger partial charge in [0.2, 0.25) is 17.7 Å². The van der Waals surface area contributed by atoms with Crippen molar-refractivity contribution in [1.82, 2.24) is 35.6 Å². The van der Waals surface area contributed by atoms with Gasteiger partial charge in [0.1, 0.15) is 11.6 Å². The molecule has 3 unspecified atom stereocenters. The van der Waals surface area contributed by atoms with E-state index in [1.807, 2.05) is 63.1 Å². The van der Waals surface area contributed by atoms with Crippen LogP contribution in [0.25, 0.3) is 0 Å². The van der Waals surface area contributed by atoms with E-state index in [4.69, 9.17) is 4.74 Å². The van der Waals surface area contributed by atoms with Crippen LogP contribution in [0.3, 0.4) is 0 Å². The molecule has 3 N–H and O–H groups in total. The number of unbranched alkanes of at least 4 members (excludes halogenated alkanes) is 2. The van der Waals surface area contributed by atoms with Crippen LogP contribution in [0.4, 0.5) is 0 Å². The van der Waals surface area contributed by atoms with Crippen LogP contribution in [-0.2, 0) is 33.5 Å². The molecule has 0 aromatic carbocycles. The summed E-state index contributed by atoms with van der Waals surface area (Å²) in [7, 11) is 12.0. The quantitative estimate of drug-likeness (QED) is 0.0639. The fourth-order valence-electron chi connectivity index (χ4n) is 6.72. The van der Waals surface area contributed by atoms with Crippen molar-refractivity contribution in [3.63, 3.8) is 0 Å². The SMILES string of the molecule is CCCCNC(=O)C(CC(=O)NCCN(C)CCN(C)C)CC(C)(C)C(=O)CC(CC(C)(C)C(=O)C(CC)CC(=O)OCCCC)C(=O)NCCN(C)CCN(C)C. The maximum Gasteiger partial charge on any atom is 0.306 e. The molecule has 0 fully saturated rings. The second-order valence-corrected chi connectivity index (χ2v) is 18.1. The van der Waals surface area contributed by atoms with Gasteiger partial charge in [0.25, 0.3) is 0 Å². The lowest BCUT2D eigenvalue weighted by molar-refractivity contribution is -0.148.